The van der Waals surface area contributed by atoms with Gasteiger partial charge in [-0.1, -0.05) is 47.6 Å². The van der Waals surface area contributed by atoms with E-state index < -0.39 is 0 Å². The average molecular weight is 264 g/mol. The van der Waals surface area contributed by atoms with Gasteiger partial charge in [-0.3, -0.25) is 0 Å². The lowest BCUT2D eigenvalue weighted by molar-refractivity contribution is 0.445. The van der Waals surface area contributed by atoms with Crippen molar-refractivity contribution in [3.8, 4) is 0 Å². The van der Waals surface area contributed by atoms with Gasteiger partial charge in [-0.15, -0.1) is 6.58 Å². The molecule has 2 N–H and O–H groups in total. The number of allylic oxidation sites excluding steroid dienone is 1. The van der Waals surface area contributed by atoms with E-state index in [1.807, 2.05) is 48.5 Å². The van der Waals surface area contributed by atoms with Crippen LogP contribution >= 0.6 is 0 Å². The minimum atomic E-state index is -0.0154. The van der Waals surface area contributed by atoms with Crippen LogP contribution in [0.1, 0.15) is 22.7 Å². The molecular weight excluding hydrogens is 248 g/mol. The van der Waals surface area contributed by atoms with Crippen LogP contribution in [0.15, 0.2) is 65.7 Å². The zero-order valence-corrected chi connectivity index (χ0v) is 11.1. The van der Waals surface area contributed by atoms with E-state index >= 15 is 0 Å². The third-order valence-corrected chi connectivity index (χ3v) is 3.55. The molecule has 3 heteroatoms. The summed E-state index contributed by atoms with van der Waals surface area (Å²) in [5.41, 5.74) is 9.74. The van der Waals surface area contributed by atoms with Crippen molar-refractivity contribution in [3.63, 3.8) is 0 Å². The lowest BCUT2D eigenvalue weighted by Gasteiger charge is -2.14. The first-order chi connectivity index (χ1) is 9.85. The Morgan fingerprint density at radius 1 is 1.15 bits per heavy atom. The summed E-state index contributed by atoms with van der Waals surface area (Å²) in [5, 5.41) is 5.25. The number of nitrogens with two attached hydrogens (primary N) is 1. The minimum absolute atomic E-state index is 0.0154. The highest BCUT2D eigenvalue weighted by molar-refractivity contribution is 5.80. The van der Waals surface area contributed by atoms with E-state index in [0.29, 0.717) is 6.54 Å². The molecule has 0 aliphatic rings. The maximum Gasteiger partial charge on any atom is 0.167 e. The quantitative estimate of drug-likeness (QED) is 0.732. The van der Waals surface area contributed by atoms with Gasteiger partial charge in [0, 0.05) is 17.8 Å². The minimum Gasteiger partial charge on any atom is -0.356 e. The molecule has 2 aromatic carbocycles. The first-order valence-electron chi connectivity index (χ1n) is 6.60. The summed E-state index contributed by atoms with van der Waals surface area (Å²) >= 11 is 0. The Balaban J connectivity index is 2.17. The van der Waals surface area contributed by atoms with Crippen LogP contribution in [-0.4, -0.2) is 5.16 Å². The van der Waals surface area contributed by atoms with Crippen LogP contribution in [0.3, 0.4) is 0 Å². The maximum atomic E-state index is 5.83. The number of fused-ring (bicyclic) bond motifs is 1. The number of benzene rings is 2. The monoisotopic (exact) mass is 264 g/mol. The largest absolute Gasteiger partial charge is 0.356 e. The summed E-state index contributed by atoms with van der Waals surface area (Å²) in [4.78, 5) is 0. The molecule has 3 aromatic rings. The topological polar surface area (TPSA) is 52.0 Å². The van der Waals surface area contributed by atoms with Gasteiger partial charge in [0.05, 0.1) is 0 Å². The van der Waals surface area contributed by atoms with Gasteiger partial charge in [0.15, 0.2) is 5.58 Å². The van der Waals surface area contributed by atoms with Crippen molar-refractivity contribution in [3.05, 3.63) is 78.0 Å². The molecule has 0 amide bonds. The van der Waals surface area contributed by atoms with E-state index in [-0.39, 0.29) is 5.92 Å². The van der Waals surface area contributed by atoms with Gasteiger partial charge in [-0.05, 0) is 23.3 Å². The summed E-state index contributed by atoms with van der Waals surface area (Å²) in [7, 11) is 0. The SMILES string of the molecule is C=C[C@@H](c1ccccc1CN)c1noc2ccccc12. The summed E-state index contributed by atoms with van der Waals surface area (Å²) in [6.45, 7) is 4.45. The van der Waals surface area contributed by atoms with Crippen molar-refractivity contribution in [2.75, 3.05) is 0 Å². The predicted octanol–water partition coefficient (Wildman–Crippen LogP) is 3.60. The summed E-state index contributed by atoms with van der Waals surface area (Å²) in [5.74, 6) is -0.0154. The van der Waals surface area contributed by atoms with Crippen molar-refractivity contribution >= 4 is 11.0 Å². The molecule has 3 nitrogen and oxygen atoms in total. The number of aromatic nitrogens is 1. The van der Waals surface area contributed by atoms with E-state index in [0.717, 1.165) is 27.8 Å². The highest BCUT2D eigenvalue weighted by Crippen LogP contribution is 2.32. The molecule has 20 heavy (non-hydrogen) atoms. The second-order valence-electron chi connectivity index (χ2n) is 4.68. The Labute approximate surface area is 117 Å². The Hall–Kier alpha value is -2.39. The number of nitrogens with zero attached hydrogens (tertiary/aromatic N) is 1. The number of hydrogen-bond acceptors (Lipinski definition) is 3. The van der Waals surface area contributed by atoms with Gasteiger partial charge in [0.2, 0.25) is 0 Å². The van der Waals surface area contributed by atoms with E-state index in [1.54, 1.807) is 0 Å². The summed E-state index contributed by atoms with van der Waals surface area (Å²) in [6.07, 6.45) is 1.89. The van der Waals surface area contributed by atoms with Crippen molar-refractivity contribution in [2.45, 2.75) is 12.5 Å². The molecule has 0 radical (unpaired) electrons. The van der Waals surface area contributed by atoms with Crippen molar-refractivity contribution < 1.29 is 4.52 Å². The Kier molecular flexibility index (Phi) is 3.35. The Morgan fingerprint density at radius 3 is 2.70 bits per heavy atom. The van der Waals surface area contributed by atoms with Gasteiger partial charge >= 0.3 is 0 Å². The van der Waals surface area contributed by atoms with Crippen LogP contribution in [0.4, 0.5) is 0 Å². The second-order valence-corrected chi connectivity index (χ2v) is 4.68. The zero-order chi connectivity index (χ0) is 13.9. The molecule has 0 aliphatic heterocycles. The molecule has 0 bridgehead atoms. The first kappa shape index (κ1) is 12.6. The highest BCUT2D eigenvalue weighted by Gasteiger charge is 2.19. The molecule has 0 saturated heterocycles. The van der Waals surface area contributed by atoms with Crippen LogP contribution in [0.2, 0.25) is 0 Å². The van der Waals surface area contributed by atoms with Gasteiger partial charge in [-0.2, -0.15) is 0 Å². The highest BCUT2D eigenvalue weighted by atomic mass is 16.5. The molecule has 1 atom stereocenters. The fourth-order valence-electron chi connectivity index (χ4n) is 2.54. The summed E-state index contributed by atoms with van der Waals surface area (Å²) in [6, 6.07) is 16.0. The van der Waals surface area contributed by atoms with E-state index in [1.165, 1.54) is 0 Å². The molecule has 1 aromatic heterocycles. The molecule has 0 fully saturated rings. The molecule has 0 aliphatic carbocycles. The molecule has 1 heterocycles. The molecular formula is C17H16N2O. The fraction of sp³-hybridized carbons (Fsp3) is 0.118. The average Bonchev–Trinajstić information content (AvgIpc) is 2.93. The van der Waals surface area contributed by atoms with E-state index in [4.69, 9.17) is 10.3 Å². The first-order valence-corrected chi connectivity index (χ1v) is 6.60. The Morgan fingerprint density at radius 2 is 1.90 bits per heavy atom. The zero-order valence-electron chi connectivity index (χ0n) is 11.1. The van der Waals surface area contributed by atoms with E-state index in [9.17, 15) is 0 Å². The van der Waals surface area contributed by atoms with E-state index in [2.05, 4.69) is 17.8 Å². The molecule has 0 unspecified atom stereocenters. The van der Waals surface area contributed by atoms with Crippen molar-refractivity contribution in [1.82, 2.24) is 5.16 Å². The normalized spacial score (nSPS) is 12.4. The third kappa shape index (κ3) is 2.02. The number of rotatable bonds is 4. The number of para-hydroxylation sites is 1. The number of hydrogen-bond donors (Lipinski definition) is 1. The molecule has 0 spiro atoms. The van der Waals surface area contributed by atoms with Crippen LogP contribution < -0.4 is 5.73 Å². The predicted molar refractivity (Wildman–Crippen MR) is 80.4 cm³/mol. The van der Waals surface area contributed by atoms with Gasteiger partial charge in [0.25, 0.3) is 0 Å². The Bertz CT molecular complexity index is 745. The van der Waals surface area contributed by atoms with Gasteiger partial charge < -0.3 is 10.3 Å². The summed E-state index contributed by atoms with van der Waals surface area (Å²) < 4.78 is 5.40. The van der Waals surface area contributed by atoms with Crippen LogP contribution in [0, 0.1) is 0 Å². The van der Waals surface area contributed by atoms with Crippen LogP contribution in [0.5, 0.6) is 0 Å². The van der Waals surface area contributed by atoms with Crippen LogP contribution in [0.25, 0.3) is 11.0 Å². The smallest absolute Gasteiger partial charge is 0.167 e. The van der Waals surface area contributed by atoms with Crippen LogP contribution in [-0.2, 0) is 6.54 Å². The fourth-order valence-corrected chi connectivity index (χ4v) is 2.54. The molecule has 0 saturated carbocycles. The molecule has 3 rings (SSSR count). The van der Waals surface area contributed by atoms with Crippen molar-refractivity contribution in [2.24, 2.45) is 5.73 Å². The molecule has 100 valence electrons. The van der Waals surface area contributed by atoms with Crippen molar-refractivity contribution in [1.29, 1.82) is 0 Å². The standard InChI is InChI=1S/C17H16N2O/c1-2-13(14-8-4-3-7-12(14)11-18)17-15-9-5-6-10-16(15)20-19-17/h2-10,13H,1,11,18H2/t13-/m0/s1. The lowest BCUT2D eigenvalue weighted by Crippen LogP contribution is -2.06. The third-order valence-electron chi connectivity index (χ3n) is 3.55. The second kappa shape index (κ2) is 5.31. The van der Waals surface area contributed by atoms with Gasteiger partial charge in [-0.25, -0.2) is 0 Å². The maximum absolute atomic E-state index is 5.83. The lowest BCUT2D eigenvalue weighted by atomic mass is 9.90. The van der Waals surface area contributed by atoms with Gasteiger partial charge in [0.1, 0.15) is 5.69 Å².